The Bertz CT molecular complexity index is 483. The Kier molecular flexibility index (Phi) is 5.78. The molecule has 1 aromatic carbocycles. The Morgan fingerprint density at radius 2 is 2.16 bits per heavy atom. The molecule has 19 heavy (non-hydrogen) atoms. The van der Waals surface area contributed by atoms with Crippen LogP contribution in [0.15, 0.2) is 16.6 Å². The lowest BCUT2D eigenvalue weighted by molar-refractivity contribution is -0.140. The monoisotopic (exact) mass is 349 g/mol. The predicted octanol–water partition coefficient (Wildman–Crippen LogP) is 2.24. The number of carboxylic acid groups (broad SMARTS) is 1. The lowest BCUT2D eigenvalue weighted by atomic mass is 10.1. The van der Waals surface area contributed by atoms with Crippen LogP contribution in [0.1, 0.15) is 15.9 Å². The molecular weight excluding hydrogens is 337 g/mol. The van der Waals surface area contributed by atoms with Crippen LogP contribution >= 0.6 is 27.5 Å². The SMILES string of the molecule is COCC(NC(=O)c1cc(C)c(Br)c(Cl)c1)C(=O)O. The largest absolute Gasteiger partial charge is 0.480 e. The molecule has 0 bridgehead atoms. The smallest absolute Gasteiger partial charge is 0.328 e. The summed E-state index contributed by atoms with van der Waals surface area (Å²) in [6, 6.07) is 2.00. The minimum absolute atomic E-state index is 0.107. The van der Waals surface area contributed by atoms with E-state index < -0.39 is 17.9 Å². The quantitative estimate of drug-likeness (QED) is 0.854. The molecule has 1 rings (SSSR count). The van der Waals surface area contributed by atoms with Gasteiger partial charge in [0.05, 0.1) is 11.6 Å². The van der Waals surface area contributed by atoms with Crippen LogP contribution in [0.5, 0.6) is 0 Å². The van der Waals surface area contributed by atoms with E-state index in [1.807, 2.05) is 0 Å². The lowest BCUT2D eigenvalue weighted by Crippen LogP contribution is -2.43. The first-order valence-electron chi connectivity index (χ1n) is 5.35. The Morgan fingerprint density at radius 3 is 2.63 bits per heavy atom. The number of aryl methyl sites for hydroxylation is 1. The van der Waals surface area contributed by atoms with E-state index in [9.17, 15) is 9.59 Å². The fraction of sp³-hybridized carbons (Fsp3) is 0.333. The van der Waals surface area contributed by atoms with Crippen molar-refractivity contribution >= 4 is 39.4 Å². The van der Waals surface area contributed by atoms with Crippen LogP contribution in [-0.4, -0.2) is 36.7 Å². The Balaban J connectivity index is 2.91. The van der Waals surface area contributed by atoms with E-state index in [1.165, 1.54) is 13.2 Å². The van der Waals surface area contributed by atoms with E-state index >= 15 is 0 Å². The number of amides is 1. The van der Waals surface area contributed by atoms with Crippen LogP contribution < -0.4 is 5.32 Å². The number of ether oxygens (including phenoxy) is 1. The van der Waals surface area contributed by atoms with Gasteiger partial charge in [0, 0.05) is 17.1 Å². The molecule has 2 N–H and O–H groups in total. The Hall–Kier alpha value is -1.11. The number of carbonyl (C=O) groups excluding carboxylic acids is 1. The van der Waals surface area contributed by atoms with Gasteiger partial charge in [0.25, 0.3) is 5.91 Å². The molecule has 0 radical (unpaired) electrons. The van der Waals surface area contributed by atoms with Gasteiger partial charge in [-0.1, -0.05) is 11.6 Å². The highest BCUT2D eigenvalue weighted by Crippen LogP contribution is 2.27. The summed E-state index contributed by atoms with van der Waals surface area (Å²) in [5.74, 6) is -1.67. The molecule has 5 nitrogen and oxygen atoms in total. The molecule has 0 spiro atoms. The van der Waals surface area contributed by atoms with Gasteiger partial charge >= 0.3 is 5.97 Å². The van der Waals surface area contributed by atoms with Crippen molar-refractivity contribution in [2.45, 2.75) is 13.0 Å². The zero-order chi connectivity index (χ0) is 14.6. The summed E-state index contributed by atoms with van der Waals surface area (Å²) in [5.41, 5.74) is 1.09. The second-order valence-electron chi connectivity index (χ2n) is 3.91. The van der Waals surface area contributed by atoms with Crippen molar-refractivity contribution in [3.05, 3.63) is 32.8 Å². The molecular formula is C12H13BrClNO4. The summed E-state index contributed by atoms with van der Waals surface area (Å²) in [4.78, 5) is 22.9. The first-order valence-corrected chi connectivity index (χ1v) is 6.52. The topological polar surface area (TPSA) is 75.6 Å². The molecule has 0 aliphatic carbocycles. The van der Waals surface area contributed by atoms with Crippen LogP contribution in [0.25, 0.3) is 0 Å². The maximum absolute atomic E-state index is 11.9. The summed E-state index contributed by atoms with van der Waals surface area (Å²) < 4.78 is 5.45. The summed E-state index contributed by atoms with van der Waals surface area (Å²) in [6.07, 6.45) is 0. The molecule has 1 amide bonds. The highest BCUT2D eigenvalue weighted by molar-refractivity contribution is 9.10. The zero-order valence-corrected chi connectivity index (χ0v) is 12.7. The van der Waals surface area contributed by atoms with Gasteiger partial charge in [0.2, 0.25) is 0 Å². The van der Waals surface area contributed by atoms with Crippen molar-refractivity contribution in [2.24, 2.45) is 0 Å². The fourth-order valence-corrected chi connectivity index (χ4v) is 1.94. The molecule has 1 aromatic rings. The van der Waals surface area contributed by atoms with Gasteiger partial charge in [-0.05, 0) is 40.5 Å². The second-order valence-corrected chi connectivity index (χ2v) is 5.11. The van der Waals surface area contributed by atoms with E-state index in [0.29, 0.717) is 15.1 Å². The number of hydrogen-bond donors (Lipinski definition) is 2. The van der Waals surface area contributed by atoms with Gasteiger partial charge in [-0.3, -0.25) is 4.79 Å². The minimum Gasteiger partial charge on any atom is -0.480 e. The van der Waals surface area contributed by atoms with Crippen molar-refractivity contribution in [1.82, 2.24) is 5.32 Å². The van der Waals surface area contributed by atoms with Gasteiger partial charge < -0.3 is 15.2 Å². The van der Waals surface area contributed by atoms with E-state index in [2.05, 4.69) is 21.2 Å². The molecule has 0 aliphatic rings. The van der Waals surface area contributed by atoms with Crippen molar-refractivity contribution < 1.29 is 19.4 Å². The van der Waals surface area contributed by atoms with Crippen molar-refractivity contribution in [3.8, 4) is 0 Å². The van der Waals surface area contributed by atoms with E-state index in [4.69, 9.17) is 21.4 Å². The van der Waals surface area contributed by atoms with Crippen LogP contribution in [0.2, 0.25) is 5.02 Å². The first-order chi connectivity index (χ1) is 8.86. The maximum Gasteiger partial charge on any atom is 0.328 e. The average Bonchev–Trinajstić information content (AvgIpc) is 2.34. The number of benzene rings is 1. The summed E-state index contributed by atoms with van der Waals surface area (Å²) in [7, 11) is 1.36. The molecule has 1 unspecified atom stereocenters. The molecule has 1 atom stereocenters. The molecule has 7 heteroatoms. The third-order valence-electron chi connectivity index (χ3n) is 2.41. The van der Waals surface area contributed by atoms with Crippen LogP contribution in [0.4, 0.5) is 0 Å². The summed E-state index contributed by atoms with van der Waals surface area (Å²) in [6.45, 7) is 1.68. The van der Waals surface area contributed by atoms with Crippen LogP contribution in [-0.2, 0) is 9.53 Å². The standard InChI is InChI=1S/C12H13BrClNO4/c1-6-3-7(4-8(14)10(6)13)11(16)15-9(5-19-2)12(17)18/h3-4,9H,5H2,1-2H3,(H,15,16)(H,17,18). The number of carboxylic acids is 1. The molecule has 104 valence electrons. The Morgan fingerprint density at radius 1 is 1.53 bits per heavy atom. The Labute approximate surface area is 124 Å². The number of halogens is 2. The minimum atomic E-state index is -1.16. The molecule has 0 aliphatic heterocycles. The molecule has 0 aromatic heterocycles. The van der Waals surface area contributed by atoms with Gasteiger partial charge in [0.1, 0.15) is 0 Å². The fourth-order valence-electron chi connectivity index (χ4n) is 1.44. The lowest BCUT2D eigenvalue weighted by Gasteiger charge is -2.14. The maximum atomic E-state index is 11.9. The van der Waals surface area contributed by atoms with E-state index in [0.717, 1.165) is 5.56 Å². The van der Waals surface area contributed by atoms with E-state index in [-0.39, 0.29) is 6.61 Å². The third kappa shape index (κ3) is 4.19. The van der Waals surface area contributed by atoms with Crippen molar-refractivity contribution in [3.63, 3.8) is 0 Å². The van der Waals surface area contributed by atoms with E-state index in [1.54, 1.807) is 13.0 Å². The van der Waals surface area contributed by atoms with Crippen molar-refractivity contribution in [1.29, 1.82) is 0 Å². The van der Waals surface area contributed by atoms with Gasteiger partial charge in [-0.25, -0.2) is 4.79 Å². The van der Waals surface area contributed by atoms with Gasteiger partial charge in [0.15, 0.2) is 6.04 Å². The molecule has 0 fully saturated rings. The average molecular weight is 351 g/mol. The summed E-state index contributed by atoms with van der Waals surface area (Å²) in [5, 5.41) is 11.7. The predicted molar refractivity (Wildman–Crippen MR) is 74.7 cm³/mol. The number of rotatable bonds is 5. The normalized spacial score (nSPS) is 12.0. The number of hydrogen-bond acceptors (Lipinski definition) is 3. The number of carbonyl (C=O) groups is 2. The number of nitrogens with one attached hydrogen (secondary N) is 1. The zero-order valence-electron chi connectivity index (χ0n) is 10.4. The van der Waals surface area contributed by atoms with Gasteiger partial charge in [-0.15, -0.1) is 0 Å². The molecule has 0 heterocycles. The van der Waals surface area contributed by atoms with Crippen LogP contribution in [0, 0.1) is 6.92 Å². The van der Waals surface area contributed by atoms with Gasteiger partial charge in [-0.2, -0.15) is 0 Å². The molecule has 0 saturated carbocycles. The summed E-state index contributed by atoms with van der Waals surface area (Å²) >= 11 is 9.24. The number of methoxy groups -OCH3 is 1. The van der Waals surface area contributed by atoms with Crippen LogP contribution in [0.3, 0.4) is 0 Å². The highest BCUT2D eigenvalue weighted by atomic mass is 79.9. The molecule has 0 saturated heterocycles. The third-order valence-corrected chi connectivity index (χ3v) is 3.99. The highest BCUT2D eigenvalue weighted by Gasteiger charge is 2.21. The second kappa shape index (κ2) is 6.88. The first kappa shape index (κ1) is 15.9. The van der Waals surface area contributed by atoms with Crippen molar-refractivity contribution in [2.75, 3.05) is 13.7 Å². The number of aliphatic carboxylic acids is 1.